The number of aromatic nitrogens is 2. The van der Waals surface area contributed by atoms with E-state index in [1.165, 1.54) is 21.2 Å². The lowest BCUT2D eigenvalue weighted by atomic mass is 10.1. The molecule has 0 bridgehead atoms. The van der Waals surface area contributed by atoms with Gasteiger partial charge in [-0.1, -0.05) is 53.7 Å². The maximum atomic E-state index is 4.74. The molecule has 2 nitrogen and oxygen atoms in total. The molecule has 0 amide bonds. The van der Waals surface area contributed by atoms with Crippen molar-refractivity contribution in [3.05, 3.63) is 72.4 Å². The highest BCUT2D eigenvalue weighted by Crippen LogP contribution is 2.28. The summed E-state index contributed by atoms with van der Waals surface area (Å²) in [5.41, 5.74) is 3.14. The van der Waals surface area contributed by atoms with Crippen molar-refractivity contribution < 1.29 is 0 Å². The monoisotopic (exact) mass is 302 g/mol. The lowest BCUT2D eigenvalue weighted by molar-refractivity contribution is 1.12. The molecule has 22 heavy (non-hydrogen) atoms. The highest BCUT2D eigenvalue weighted by Gasteiger charge is 2.04. The molecule has 1 heterocycles. The Morgan fingerprint density at radius 3 is 2.23 bits per heavy atom. The number of hydrogen-bond donors (Lipinski definition) is 0. The third-order valence-electron chi connectivity index (χ3n) is 3.63. The summed E-state index contributed by atoms with van der Waals surface area (Å²) in [5.74, 6) is 0. The van der Waals surface area contributed by atoms with Gasteiger partial charge in [0.1, 0.15) is 5.03 Å². The predicted molar refractivity (Wildman–Crippen MR) is 92.3 cm³/mol. The normalized spacial score (nSPS) is 11.1. The Labute approximate surface area is 133 Å². The molecule has 4 rings (SSSR count). The zero-order chi connectivity index (χ0) is 14.9. The van der Waals surface area contributed by atoms with Gasteiger partial charge in [0.05, 0.1) is 17.2 Å². The summed E-state index contributed by atoms with van der Waals surface area (Å²) < 4.78 is 0. The lowest BCUT2D eigenvalue weighted by Gasteiger charge is -2.04. The van der Waals surface area contributed by atoms with E-state index < -0.39 is 0 Å². The second-order valence-corrected chi connectivity index (χ2v) is 6.41. The molecular weight excluding hydrogens is 288 g/mol. The SMILES string of the molecule is Cc1ccc(Sc2cnc3cc4ccccc4cc3n2)cc1. The summed E-state index contributed by atoms with van der Waals surface area (Å²) >= 11 is 1.64. The van der Waals surface area contributed by atoms with Gasteiger partial charge in [0.2, 0.25) is 0 Å². The smallest absolute Gasteiger partial charge is 0.120 e. The molecule has 0 spiro atoms. The van der Waals surface area contributed by atoms with Crippen molar-refractivity contribution >= 4 is 33.6 Å². The first-order valence-electron chi connectivity index (χ1n) is 7.18. The van der Waals surface area contributed by atoms with Crippen molar-refractivity contribution in [2.75, 3.05) is 0 Å². The maximum absolute atomic E-state index is 4.74. The molecule has 0 N–H and O–H groups in total. The molecule has 0 aliphatic heterocycles. The molecule has 4 aromatic rings. The van der Waals surface area contributed by atoms with Crippen LogP contribution in [-0.2, 0) is 0 Å². The molecule has 0 saturated heterocycles. The number of benzene rings is 3. The fourth-order valence-corrected chi connectivity index (χ4v) is 3.22. The van der Waals surface area contributed by atoms with Crippen LogP contribution in [0.25, 0.3) is 21.8 Å². The zero-order valence-electron chi connectivity index (χ0n) is 12.2. The Bertz CT molecular complexity index is 962. The standard InChI is InChI=1S/C19H14N2S/c1-13-6-8-16(9-7-13)22-19-12-20-17-10-14-4-2-3-5-15(14)11-18(17)21-19/h2-12H,1H3. The van der Waals surface area contributed by atoms with Crippen LogP contribution in [0.3, 0.4) is 0 Å². The van der Waals surface area contributed by atoms with Crippen LogP contribution in [-0.4, -0.2) is 9.97 Å². The average molecular weight is 302 g/mol. The zero-order valence-corrected chi connectivity index (χ0v) is 13.0. The van der Waals surface area contributed by atoms with Gasteiger partial charge < -0.3 is 0 Å². The fraction of sp³-hybridized carbons (Fsp3) is 0.0526. The molecule has 3 aromatic carbocycles. The van der Waals surface area contributed by atoms with Gasteiger partial charge in [0.15, 0.2) is 0 Å². The molecule has 0 aliphatic carbocycles. The van der Waals surface area contributed by atoms with Crippen LogP contribution in [0.15, 0.2) is 76.8 Å². The van der Waals surface area contributed by atoms with Crippen molar-refractivity contribution in [3.63, 3.8) is 0 Å². The Hall–Kier alpha value is -2.39. The second kappa shape index (κ2) is 5.43. The molecule has 0 radical (unpaired) electrons. The van der Waals surface area contributed by atoms with Crippen LogP contribution in [0, 0.1) is 6.92 Å². The molecule has 1 aromatic heterocycles. The first-order valence-corrected chi connectivity index (χ1v) is 8.00. The van der Waals surface area contributed by atoms with Crippen LogP contribution in [0.4, 0.5) is 0 Å². The molecule has 0 fully saturated rings. The third-order valence-corrected chi connectivity index (χ3v) is 4.54. The number of hydrogen-bond acceptors (Lipinski definition) is 3. The average Bonchev–Trinajstić information content (AvgIpc) is 2.55. The van der Waals surface area contributed by atoms with Gasteiger partial charge in [-0.2, -0.15) is 0 Å². The number of rotatable bonds is 2. The molecule has 0 saturated carbocycles. The van der Waals surface area contributed by atoms with E-state index in [0.29, 0.717) is 0 Å². The molecule has 0 atom stereocenters. The van der Waals surface area contributed by atoms with E-state index in [-0.39, 0.29) is 0 Å². The third kappa shape index (κ3) is 2.55. The molecule has 0 aliphatic rings. The van der Waals surface area contributed by atoms with Crippen molar-refractivity contribution in [1.29, 1.82) is 0 Å². The summed E-state index contributed by atoms with van der Waals surface area (Å²) in [5, 5.41) is 3.32. The minimum absolute atomic E-state index is 0.923. The molecule has 106 valence electrons. The van der Waals surface area contributed by atoms with Gasteiger partial charge in [0, 0.05) is 4.90 Å². The van der Waals surface area contributed by atoms with Gasteiger partial charge in [-0.3, -0.25) is 4.98 Å². The minimum Gasteiger partial charge on any atom is -0.252 e. The Morgan fingerprint density at radius 1 is 0.818 bits per heavy atom. The van der Waals surface area contributed by atoms with Crippen LogP contribution in [0.5, 0.6) is 0 Å². The van der Waals surface area contributed by atoms with Crippen molar-refractivity contribution in [3.8, 4) is 0 Å². The Kier molecular flexibility index (Phi) is 3.28. The van der Waals surface area contributed by atoms with Crippen LogP contribution < -0.4 is 0 Å². The first kappa shape index (κ1) is 13.3. The van der Waals surface area contributed by atoms with Gasteiger partial charge in [-0.25, -0.2) is 4.98 Å². The summed E-state index contributed by atoms with van der Waals surface area (Å²) in [4.78, 5) is 10.5. The largest absolute Gasteiger partial charge is 0.252 e. The molecule has 3 heteroatoms. The van der Waals surface area contributed by atoms with Crippen molar-refractivity contribution in [2.24, 2.45) is 0 Å². The van der Waals surface area contributed by atoms with E-state index in [2.05, 4.69) is 60.4 Å². The van der Waals surface area contributed by atoms with Crippen molar-refractivity contribution in [1.82, 2.24) is 9.97 Å². The predicted octanol–water partition coefficient (Wildman–Crippen LogP) is 5.24. The van der Waals surface area contributed by atoms with E-state index in [0.717, 1.165) is 16.1 Å². The number of nitrogens with zero attached hydrogens (tertiary/aromatic N) is 2. The van der Waals surface area contributed by atoms with Crippen molar-refractivity contribution in [2.45, 2.75) is 16.8 Å². The lowest BCUT2D eigenvalue weighted by Crippen LogP contribution is -1.87. The number of aryl methyl sites for hydroxylation is 1. The maximum Gasteiger partial charge on any atom is 0.120 e. The van der Waals surface area contributed by atoms with Crippen LogP contribution in [0.1, 0.15) is 5.56 Å². The Balaban J connectivity index is 1.76. The quantitative estimate of drug-likeness (QED) is 0.473. The summed E-state index contributed by atoms with van der Waals surface area (Å²) in [6.45, 7) is 2.09. The van der Waals surface area contributed by atoms with Gasteiger partial charge in [-0.05, 0) is 42.0 Å². The van der Waals surface area contributed by atoms with Gasteiger partial charge in [0.25, 0.3) is 0 Å². The highest BCUT2D eigenvalue weighted by atomic mass is 32.2. The topological polar surface area (TPSA) is 25.8 Å². The summed E-state index contributed by atoms with van der Waals surface area (Å²) in [7, 11) is 0. The second-order valence-electron chi connectivity index (χ2n) is 5.31. The summed E-state index contributed by atoms with van der Waals surface area (Å²) in [6, 6.07) is 21.0. The highest BCUT2D eigenvalue weighted by molar-refractivity contribution is 7.99. The minimum atomic E-state index is 0.923. The van der Waals surface area contributed by atoms with Gasteiger partial charge >= 0.3 is 0 Å². The van der Waals surface area contributed by atoms with Crippen LogP contribution >= 0.6 is 11.8 Å². The van der Waals surface area contributed by atoms with E-state index in [4.69, 9.17) is 4.98 Å². The van der Waals surface area contributed by atoms with Crippen LogP contribution in [0.2, 0.25) is 0 Å². The number of fused-ring (bicyclic) bond motifs is 2. The first-order chi connectivity index (χ1) is 10.8. The van der Waals surface area contributed by atoms with Gasteiger partial charge in [-0.15, -0.1) is 0 Å². The van der Waals surface area contributed by atoms with E-state index in [1.54, 1.807) is 11.8 Å². The fourth-order valence-electron chi connectivity index (χ4n) is 2.46. The summed E-state index contributed by atoms with van der Waals surface area (Å²) in [6.07, 6.45) is 1.85. The van der Waals surface area contributed by atoms with E-state index >= 15 is 0 Å². The Morgan fingerprint density at radius 2 is 1.50 bits per heavy atom. The van der Waals surface area contributed by atoms with E-state index in [1.807, 2.05) is 18.3 Å². The molecular formula is C19H14N2S. The molecule has 0 unspecified atom stereocenters. The van der Waals surface area contributed by atoms with E-state index in [9.17, 15) is 0 Å².